The molecule has 1 aliphatic heterocycles. The third-order valence-electron chi connectivity index (χ3n) is 5.95. The molecule has 0 radical (unpaired) electrons. The van der Waals surface area contributed by atoms with Crippen molar-refractivity contribution in [3.8, 4) is 17.1 Å². The first-order valence-electron chi connectivity index (χ1n) is 11.5. The number of aromatic hydroxyl groups is 1. The third-order valence-corrected chi connectivity index (χ3v) is 5.95. The first kappa shape index (κ1) is 23.6. The van der Waals surface area contributed by atoms with Crippen LogP contribution in [0.15, 0.2) is 61.2 Å². The molecule has 1 N–H and O–H groups in total. The third kappa shape index (κ3) is 5.49. The van der Waals surface area contributed by atoms with E-state index >= 15 is 0 Å². The standard InChI is InChI=1S/C25H30N6O3/c1-3-12-29-13-15-30(16-14-29)24(21-6-5-7-22(32)17-21)19-8-10-20(11-9-19)25-26-27-28-31(25)18-23(33)34-4-2/h3,5-11,17,24,32H,1,4,12-16,18H2,2H3. The zero-order valence-electron chi connectivity index (χ0n) is 19.4. The Kier molecular flexibility index (Phi) is 7.66. The van der Waals surface area contributed by atoms with Gasteiger partial charge in [-0.15, -0.1) is 11.7 Å². The number of ether oxygens (including phenoxy) is 1. The summed E-state index contributed by atoms with van der Waals surface area (Å²) in [7, 11) is 0. The lowest BCUT2D eigenvalue weighted by molar-refractivity contribution is -0.144. The molecule has 34 heavy (non-hydrogen) atoms. The predicted octanol–water partition coefficient (Wildman–Crippen LogP) is 2.50. The molecular formula is C25H30N6O3. The van der Waals surface area contributed by atoms with Crippen LogP contribution < -0.4 is 0 Å². The van der Waals surface area contributed by atoms with Crippen LogP contribution in [-0.4, -0.2) is 80.4 Å². The lowest BCUT2D eigenvalue weighted by Crippen LogP contribution is -2.47. The first-order valence-corrected chi connectivity index (χ1v) is 11.5. The van der Waals surface area contributed by atoms with Crippen LogP contribution in [0.25, 0.3) is 11.4 Å². The van der Waals surface area contributed by atoms with Gasteiger partial charge in [0.05, 0.1) is 12.6 Å². The number of hydrogen-bond acceptors (Lipinski definition) is 8. The number of esters is 1. The van der Waals surface area contributed by atoms with E-state index in [1.807, 2.05) is 36.4 Å². The van der Waals surface area contributed by atoms with Gasteiger partial charge in [0, 0.05) is 38.3 Å². The topological polar surface area (TPSA) is 96.6 Å². The maximum atomic E-state index is 11.9. The molecule has 0 amide bonds. The van der Waals surface area contributed by atoms with E-state index in [0.29, 0.717) is 12.4 Å². The van der Waals surface area contributed by atoms with Crippen LogP contribution in [0.2, 0.25) is 0 Å². The molecule has 9 nitrogen and oxygen atoms in total. The minimum atomic E-state index is -0.382. The molecule has 0 spiro atoms. The molecule has 1 aromatic heterocycles. The number of carbonyl (C=O) groups is 1. The van der Waals surface area contributed by atoms with Gasteiger partial charge >= 0.3 is 5.97 Å². The van der Waals surface area contributed by atoms with Crippen molar-refractivity contribution in [2.24, 2.45) is 0 Å². The second kappa shape index (κ2) is 11.0. The number of phenols is 1. The molecule has 1 fully saturated rings. The van der Waals surface area contributed by atoms with Crippen LogP contribution in [0.4, 0.5) is 0 Å². The van der Waals surface area contributed by atoms with Gasteiger partial charge in [0.2, 0.25) is 0 Å². The maximum Gasteiger partial charge on any atom is 0.327 e. The predicted molar refractivity (Wildman–Crippen MR) is 128 cm³/mol. The van der Waals surface area contributed by atoms with Crippen molar-refractivity contribution in [3.05, 3.63) is 72.3 Å². The van der Waals surface area contributed by atoms with E-state index in [-0.39, 0.29) is 24.3 Å². The molecule has 4 rings (SSSR count). The summed E-state index contributed by atoms with van der Waals surface area (Å²) in [5.41, 5.74) is 2.96. The summed E-state index contributed by atoms with van der Waals surface area (Å²) in [6, 6.07) is 15.5. The molecule has 3 aromatic rings. The molecule has 0 bridgehead atoms. The van der Waals surface area contributed by atoms with Crippen LogP contribution in [0.3, 0.4) is 0 Å². The number of tetrazole rings is 1. The van der Waals surface area contributed by atoms with Crippen LogP contribution in [0, 0.1) is 0 Å². The average Bonchev–Trinajstić information content (AvgIpc) is 3.29. The van der Waals surface area contributed by atoms with Crippen LogP contribution >= 0.6 is 0 Å². The van der Waals surface area contributed by atoms with Gasteiger partial charge in [-0.1, -0.05) is 42.5 Å². The Bertz CT molecular complexity index is 1110. The highest BCUT2D eigenvalue weighted by Crippen LogP contribution is 2.32. The van der Waals surface area contributed by atoms with Crippen molar-refractivity contribution < 1.29 is 14.6 Å². The van der Waals surface area contributed by atoms with Crippen LogP contribution in [-0.2, 0) is 16.1 Å². The molecule has 1 unspecified atom stereocenters. The second-order valence-corrected chi connectivity index (χ2v) is 8.21. The number of aromatic nitrogens is 4. The fourth-order valence-electron chi connectivity index (χ4n) is 4.36. The minimum Gasteiger partial charge on any atom is -0.508 e. The second-order valence-electron chi connectivity index (χ2n) is 8.21. The summed E-state index contributed by atoms with van der Waals surface area (Å²) in [5.74, 6) is 0.376. The monoisotopic (exact) mass is 462 g/mol. The number of benzene rings is 2. The van der Waals surface area contributed by atoms with E-state index in [0.717, 1.165) is 49.4 Å². The summed E-state index contributed by atoms with van der Waals surface area (Å²) in [4.78, 5) is 16.7. The SMILES string of the molecule is C=CCN1CCN(C(c2ccc(-c3nnnn3CC(=O)OCC)cc2)c2cccc(O)c2)CC1. The van der Waals surface area contributed by atoms with Crippen LogP contribution in [0.5, 0.6) is 5.75 Å². The van der Waals surface area contributed by atoms with Gasteiger partial charge in [-0.2, -0.15) is 0 Å². The van der Waals surface area contributed by atoms with Crippen molar-refractivity contribution >= 4 is 5.97 Å². The highest BCUT2D eigenvalue weighted by atomic mass is 16.5. The van der Waals surface area contributed by atoms with E-state index in [9.17, 15) is 9.90 Å². The molecule has 2 aromatic carbocycles. The number of phenolic OH excluding ortho intramolecular Hbond substituents is 1. The van der Waals surface area contributed by atoms with Crippen LogP contribution in [0.1, 0.15) is 24.1 Å². The average molecular weight is 463 g/mol. The van der Waals surface area contributed by atoms with Gasteiger partial charge < -0.3 is 9.84 Å². The zero-order valence-corrected chi connectivity index (χ0v) is 19.4. The summed E-state index contributed by atoms with van der Waals surface area (Å²) in [6.07, 6.45) is 1.94. The number of piperazine rings is 1. The smallest absolute Gasteiger partial charge is 0.327 e. The van der Waals surface area contributed by atoms with Crippen molar-refractivity contribution in [3.63, 3.8) is 0 Å². The van der Waals surface area contributed by atoms with Crippen molar-refractivity contribution in [1.29, 1.82) is 0 Å². The van der Waals surface area contributed by atoms with Gasteiger partial charge in [-0.25, -0.2) is 4.68 Å². The lowest BCUT2D eigenvalue weighted by Gasteiger charge is -2.39. The quantitative estimate of drug-likeness (QED) is 0.383. The highest BCUT2D eigenvalue weighted by Gasteiger charge is 2.26. The first-order chi connectivity index (χ1) is 16.6. The number of rotatable bonds is 9. The fourth-order valence-corrected chi connectivity index (χ4v) is 4.36. The Labute approximate surface area is 199 Å². The summed E-state index contributed by atoms with van der Waals surface area (Å²) in [5, 5.41) is 21.9. The normalized spacial score (nSPS) is 15.7. The fraction of sp³-hybridized carbons (Fsp3) is 0.360. The maximum absolute atomic E-state index is 11.9. The van der Waals surface area contributed by atoms with Crippen molar-refractivity contribution in [1.82, 2.24) is 30.0 Å². The number of hydrogen-bond donors (Lipinski definition) is 1. The van der Waals surface area contributed by atoms with Gasteiger partial charge in [0.15, 0.2) is 5.82 Å². The minimum absolute atomic E-state index is 0.00237. The molecule has 1 saturated heterocycles. The molecule has 2 heterocycles. The molecule has 178 valence electrons. The molecule has 1 atom stereocenters. The number of carbonyl (C=O) groups excluding carboxylic acids is 1. The Morgan fingerprint density at radius 1 is 1.15 bits per heavy atom. The van der Waals surface area contributed by atoms with Gasteiger partial charge in [0.1, 0.15) is 12.3 Å². The lowest BCUT2D eigenvalue weighted by atomic mass is 9.95. The Morgan fingerprint density at radius 2 is 1.91 bits per heavy atom. The summed E-state index contributed by atoms with van der Waals surface area (Å²) in [6.45, 7) is 10.5. The molecule has 0 saturated carbocycles. The van der Waals surface area contributed by atoms with Gasteiger partial charge in [-0.05, 0) is 40.6 Å². The molecule has 1 aliphatic rings. The molecule has 9 heteroatoms. The van der Waals surface area contributed by atoms with Crippen molar-refractivity contribution in [2.45, 2.75) is 19.5 Å². The number of nitrogens with zero attached hydrogens (tertiary/aromatic N) is 6. The van der Waals surface area contributed by atoms with Gasteiger partial charge in [-0.3, -0.25) is 14.6 Å². The molecule has 0 aliphatic carbocycles. The summed E-state index contributed by atoms with van der Waals surface area (Å²) < 4.78 is 6.46. The van der Waals surface area contributed by atoms with E-state index in [2.05, 4.69) is 44.0 Å². The summed E-state index contributed by atoms with van der Waals surface area (Å²) >= 11 is 0. The largest absolute Gasteiger partial charge is 0.508 e. The Hall–Kier alpha value is -3.56. The Morgan fingerprint density at radius 3 is 2.59 bits per heavy atom. The van der Waals surface area contributed by atoms with Crippen molar-refractivity contribution in [2.75, 3.05) is 39.3 Å². The zero-order chi connectivity index (χ0) is 23.9. The van der Waals surface area contributed by atoms with E-state index in [4.69, 9.17) is 4.74 Å². The highest BCUT2D eigenvalue weighted by molar-refractivity contribution is 5.70. The van der Waals surface area contributed by atoms with E-state index in [1.54, 1.807) is 13.0 Å². The van der Waals surface area contributed by atoms with E-state index in [1.165, 1.54) is 4.68 Å². The molecular weight excluding hydrogens is 432 g/mol. The Balaban J connectivity index is 1.59. The van der Waals surface area contributed by atoms with Gasteiger partial charge in [0.25, 0.3) is 0 Å². The van der Waals surface area contributed by atoms with E-state index < -0.39 is 0 Å².